The Balaban J connectivity index is 0.000000810. The molecule has 5 heteroatoms. The zero-order valence-electron chi connectivity index (χ0n) is 5.53. The van der Waals surface area contributed by atoms with E-state index < -0.39 is 5.97 Å². The third kappa shape index (κ3) is 2.93. The van der Waals surface area contributed by atoms with Gasteiger partial charge in [-0.1, -0.05) is 0 Å². The van der Waals surface area contributed by atoms with E-state index in [0.29, 0.717) is 0 Å². The first-order chi connectivity index (χ1) is 4.30. The molecule has 1 aliphatic heterocycles. The van der Waals surface area contributed by atoms with Gasteiger partial charge in [0.05, 0.1) is 11.7 Å². The predicted octanol–water partition coefficient (Wildman–Crippen LogP) is -4.32. The molecule has 0 N–H and O–H groups in total. The molecule has 0 spiro atoms. The fourth-order valence-electron chi connectivity index (χ4n) is 0.453. The second kappa shape index (κ2) is 5.03. The first-order valence-corrected chi connectivity index (χ1v) is 2.36. The van der Waals surface area contributed by atoms with Gasteiger partial charge in [-0.3, -0.25) is 0 Å². The van der Waals surface area contributed by atoms with Crippen molar-refractivity contribution in [3.8, 4) is 0 Å². The van der Waals surface area contributed by atoms with Crippen LogP contribution >= 0.6 is 0 Å². The van der Waals surface area contributed by atoms with E-state index in [9.17, 15) is 9.90 Å². The number of hydrogen-bond donors (Lipinski definition) is 0. The molecule has 0 radical (unpaired) electrons. The third-order valence-corrected chi connectivity index (χ3v) is 0.848. The van der Waals surface area contributed by atoms with Crippen LogP contribution in [0.5, 0.6) is 0 Å². The van der Waals surface area contributed by atoms with Gasteiger partial charge in [-0.05, 0) is 6.08 Å². The Hall–Kier alpha value is 0.316. The Morgan fingerprint density at radius 2 is 2.50 bits per heavy atom. The molecule has 10 heavy (non-hydrogen) atoms. The number of hydrogen-bond acceptors (Lipinski definition) is 4. The van der Waals surface area contributed by atoms with Crippen molar-refractivity contribution in [2.45, 2.75) is 0 Å². The minimum absolute atomic E-state index is 0. The summed E-state index contributed by atoms with van der Waals surface area (Å²) in [6.07, 6.45) is 2.43. The van der Waals surface area contributed by atoms with Crippen molar-refractivity contribution in [2.24, 2.45) is 4.99 Å². The third-order valence-electron chi connectivity index (χ3n) is 0.848. The van der Waals surface area contributed by atoms with Gasteiger partial charge < -0.3 is 14.6 Å². The Bertz CT molecular complexity index is 187. The Kier molecular flexibility index (Phi) is 5.19. The molecule has 48 valence electrons. The molecule has 0 unspecified atom stereocenters. The van der Waals surface area contributed by atoms with Crippen LogP contribution in [0.2, 0.25) is 0 Å². The van der Waals surface area contributed by atoms with Gasteiger partial charge in [-0.15, -0.1) is 0 Å². The number of rotatable bonds is 1. The number of nitrogens with zero attached hydrogens (tertiary/aromatic N) is 1. The quantitative estimate of drug-likeness (QED) is 0.369. The summed E-state index contributed by atoms with van der Waals surface area (Å²) in [5.74, 6) is -1.27. The van der Waals surface area contributed by atoms with Crippen LogP contribution in [-0.4, -0.2) is 19.0 Å². The summed E-state index contributed by atoms with van der Waals surface area (Å²) in [6.45, 7) is 0.257. The van der Waals surface area contributed by atoms with E-state index in [4.69, 9.17) is 0 Å². The van der Waals surface area contributed by atoms with Crippen molar-refractivity contribution in [1.82, 2.24) is 0 Å². The molecule has 0 atom stereocenters. The van der Waals surface area contributed by atoms with Crippen molar-refractivity contribution in [2.75, 3.05) is 6.61 Å². The second-order valence-electron chi connectivity index (χ2n) is 1.44. The van der Waals surface area contributed by atoms with Gasteiger partial charge in [0.2, 0.25) is 0 Å². The maximum atomic E-state index is 10.0. The summed E-state index contributed by atoms with van der Waals surface area (Å²) in [5, 5.41) is 10.0. The number of carbonyl (C=O) groups excluding carboxylic acids is 1. The maximum Gasteiger partial charge on any atom is 1.00 e. The van der Waals surface area contributed by atoms with E-state index >= 15 is 0 Å². The fourth-order valence-corrected chi connectivity index (χ4v) is 0.453. The van der Waals surface area contributed by atoms with Crippen LogP contribution in [0.4, 0.5) is 0 Å². The molecule has 0 saturated carbocycles. The number of ether oxygens (including phenoxy) is 1. The SMILES string of the molecule is O=C([O-])C1=CCOC=N1.[K+]. The van der Waals surface area contributed by atoms with Gasteiger partial charge in [0.25, 0.3) is 0 Å². The Morgan fingerprint density at radius 1 is 1.80 bits per heavy atom. The smallest absolute Gasteiger partial charge is 0.543 e. The zero-order chi connectivity index (χ0) is 6.69. The predicted molar refractivity (Wildman–Crippen MR) is 27.5 cm³/mol. The molecule has 0 aliphatic carbocycles. The summed E-state index contributed by atoms with van der Waals surface area (Å²) in [5.41, 5.74) is -0.0683. The van der Waals surface area contributed by atoms with Gasteiger partial charge in [-0.2, -0.15) is 0 Å². The van der Waals surface area contributed by atoms with Crippen molar-refractivity contribution in [3.63, 3.8) is 0 Å². The topological polar surface area (TPSA) is 61.7 Å². The standard InChI is InChI=1S/C5H5NO3.K/c7-5(8)4-1-2-9-3-6-4;/h1,3H,2H2,(H,7,8);/q;+1/p-1. The van der Waals surface area contributed by atoms with E-state index in [1.54, 1.807) is 0 Å². The molecule has 0 saturated heterocycles. The minimum atomic E-state index is -1.27. The first kappa shape index (κ1) is 10.3. The van der Waals surface area contributed by atoms with Gasteiger partial charge in [0, 0.05) is 0 Å². The van der Waals surface area contributed by atoms with Crippen LogP contribution < -0.4 is 56.5 Å². The maximum absolute atomic E-state index is 10.0. The first-order valence-electron chi connectivity index (χ1n) is 2.36. The number of carbonyl (C=O) groups is 1. The average molecular weight is 165 g/mol. The fraction of sp³-hybridized carbons (Fsp3) is 0.200. The van der Waals surface area contributed by atoms with Crippen LogP contribution in [0, 0.1) is 0 Å². The number of aliphatic imine (C=N–C) groups is 1. The van der Waals surface area contributed by atoms with E-state index in [1.807, 2.05) is 0 Å². The molecule has 0 aromatic rings. The zero-order valence-corrected chi connectivity index (χ0v) is 8.66. The molecule has 0 fully saturated rings. The van der Waals surface area contributed by atoms with Gasteiger partial charge in [0.15, 0.2) is 6.40 Å². The molecule has 1 aliphatic rings. The summed E-state index contributed by atoms with van der Waals surface area (Å²) >= 11 is 0. The van der Waals surface area contributed by atoms with E-state index in [-0.39, 0.29) is 63.7 Å². The van der Waals surface area contributed by atoms with E-state index in [1.165, 1.54) is 6.08 Å². The van der Waals surface area contributed by atoms with Gasteiger partial charge >= 0.3 is 51.4 Å². The van der Waals surface area contributed by atoms with Crippen LogP contribution in [-0.2, 0) is 9.53 Å². The number of aliphatic carboxylic acids is 1. The summed E-state index contributed by atoms with van der Waals surface area (Å²) in [7, 11) is 0. The average Bonchev–Trinajstić information content (AvgIpc) is 1.90. The molecule has 0 aromatic carbocycles. The Morgan fingerprint density at radius 3 is 2.80 bits per heavy atom. The molecule has 1 rings (SSSR count). The molecule has 4 nitrogen and oxygen atoms in total. The summed E-state index contributed by atoms with van der Waals surface area (Å²) < 4.78 is 4.59. The molecular formula is C5H4KNO3. The van der Waals surface area contributed by atoms with Crippen molar-refractivity contribution >= 4 is 12.4 Å². The van der Waals surface area contributed by atoms with Crippen LogP contribution in [0.25, 0.3) is 0 Å². The minimum Gasteiger partial charge on any atom is -0.543 e. The van der Waals surface area contributed by atoms with E-state index in [2.05, 4.69) is 9.73 Å². The Labute approximate surface area is 100 Å². The number of carboxylic acid groups (broad SMARTS) is 1. The van der Waals surface area contributed by atoms with Crippen molar-refractivity contribution in [3.05, 3.63) is 11.8 Å². The molecule has 1 heterocycles. The van der Waals surface area contributed by atoms with Crippen LogP contribution in [0.1, 0.15) is 0 Å². The van der Waals surface area contributed by atoms with Crippen molar-refractivity contribution < 1.29 is 66.0 Å². The van der Waals surface area contributed by atoms with Crippen LogP contribution in [0.15, 0.2) is 16.8 Å². The van der Waals surface area contributed by atoms with E-state index in [0.717, 1.165) is 6.40 Å². The molecule has 0 amide bonds. The summed E-state index contributed by atoms with van der Waals surface area (Å²) in [4.78, 5) is 13.4. The van der Waals surface area contributed by atoms with Gasteiger partial charge in [0.1, 0.15) is 6.61 Å². The number of carboxylic acids is 1. The molecule has 0 aromatic heterocycles. The second-order valence-corrected chi connectivity index (χ2v) is 1.44. The summed E-state index contributed by atoms with van der Waals surface area (Å²) in [6, 6.07) is 0. The molecule has 0 bridgehead atoms. The largest absolute Gasteiger partial charge is 1.00 e. The normalized spacial score (nSPS) is 14.6. The van der Waals surface area contributed by atoms with Gasteiger partial charge in [-0.25, -0.2) is 4.99 Å². The van der Waals surface area contributed by atoms with Crippen molar-refractivity contribution in [1.29, 1.82) is 0 Å². The van der Waals surface area contributed by atoms with Crippen LogP contribution in [0.3, 0.4) is 0 Å². The monoisotopic (exact) mass is 165 g/mol. The molecular weight excluding hydrogens is 161 g/mol.